The van der Waals surface area contributed by atoms with E-state index in [0.29, 0.717) is 38.8 Å². The Bertz CT molecular complexity index is 804. The lowest BCUT2D eigenvalue weighted by atomic mass is 10.1. The quantitative estimate of drug-likeness (QED) is 0.0710. The first kappa shape index (κ1) is 25.8. The van der Waals surface area contributed by atoms with Crippen LogP contribution in [0.3, 0.4) is 0 Å². The number of nitrogens with zero attached hydrogens (tertiary/aromatic N) is 4. The second-order valence-electron chi connectivity index (χ2n) is 7.88. The number of likely N-dealkylation sites (tertiary alicyclic amines) is 2. The molecule has 2 heterocycles. The molecule has 2 aliphatic heterocycles. The average Bonchev–Trinajstić information content (AvgIpc) is 3.44. The number of carbonyl (C=O) groups is 4. The van der Waals surface area contributed by atoms with Gasteiger partial charge in [0.1, 0.15) is 18.1 Å². The van der Waals surface area contributed by atoms with Crippen molar-refractivity contribution in [1.82, 2.24) is 20.5 Å². The summed E-state index contributed by atoms with van der Waals surface area (Å²) in [5.41, 5.74) is 17.9. The number of hydrogen-bond donors (Lipinski definition) is 5. The third-order valence-corrected chi connectivity index (χ3v) is 5.67. The van der Waals surface area contributed by atoms with Gasteiger partial charge < -0.3 is 32.3 Å². The molecule has 0 bridgehead atoms. The fourth-order valence-corrected chi connectivity index (χ4v) is 4.13. The Morgan fingerprint density at radius 2 is 1.73 bits per heavy atom. The zero-order valence-electron chi connectivity index (χ0n) is 18.3. The van der Waals surface area contributed by atoms with E-state index in [2.05, 4.69) is 10.3 Å². The van der Waals surface area contributed by atoms with Crippen molar-refractivity contribution < 1.29 is 24.2 Å². The summed E-state index contributed by atoms with van der Waals surface area (Å²) in [7, 11) is 0. The van der Waals surface area contributed by atoms with Gasteiger partial charge >= 0.3 is 0 Å². The molecule has 2 fully saturated rings. The van der Waals surface area contributed by atoms with Crippen LogP contribution >= 0.6 is 0 Å². The minimum absolute atomic E-state index is 0.0623. The molecule has 0 aliphatic carbocycles. The van der Waals surface area contributed by atoms with Crippen molar-refractivity contribution in [2.24, 2.45) is 22.2 Å². The van der Waals surface area contributed by atoms with Crippen molar-refractivity contribution in [2.45, 2.75) is 56.7 Å². The molecule has 4 amide bonds. The Balaban J connectivity index is 2.10. The van der Waals surface area contributed by atoms with Crippen molar-refractivity contribution in [3.63, 3.8) is 0 Å². The second kappa shape index (κ2) is 11.9. The number of nitro groups is 1. The molecule has 2 saturated heterocycles. The minimum Gasteiger partial charge on any atom is -0.368 e. The van der Waals surface area contributed by atoms with E-state index in [-0.39, 0.29) is 37.8 Å². The molecule has 15 nitrogen and oxygen atoms in total. The summed E-state index contributed by atoms with van der Waals surface area (Å²) in [6.07, 6.45) is 2.53. The first-order valence-electron chi connectivity index (χ1n) is 10.8. The summed E-state index contributed by atoms with van der Waals surface area (Å²) in [6.45, 7) is 0.572. The second-order valence-corrected chi connectivity index (χ2v) is 7.88. The lowest BCUT2D eigenvalue weighted by Gasteiger charge is -2.30. The van der Waals surface area contributed by atoms with Gasteiger partial charge in [0.25, 0.3) is 5.96 Å². The maximum absolute atomic E-state index is 13.2. The van der Waals surface area contributed by atoms with Crippen LogP contribution in [-0.2, 0) is 19.2 Å². The summed E-state index contributed by atoms with van der Waals surface area (Å²) in [4.78, 5) is 66.9. The molecule has 0 aromatic rings. The molecule has 3 atom stereocenters. The molecular weight excluding hydrogens is 438 g/mol. The zero-order valence-corrected chi connectivity index (χ0v) is 18.3. The van der Waals surface area contributed by atoms with Gasteiger partial charge in [0, 0.05) is 19.6 Å². The van der Waals surface area contributed by atoms with Gasteiger partial charge in [-0.15, -0.1) is 0 Å². The average molecular weight is 470 g/mol. The summed E-state index contributed by atoms with van der Waals surface area (Å²) in [5, 5.41) is 12.2. The summed E-state index contributed by atoms with van der Waals surface area (Å²) >= 11 is 0. The predicted octanol–water partition coefficient (Wildman–Crippen LogP) is -3.23. The van der Waals surface area contributed by atoms with E-state index >= 15 is 0 Å². The fourth-order valence-electron chi connectivity index (χ4n) is 4.13. The van der Waals surface area contributed by atoms with Crippen LogP contribution in [0, 0.1) is 10.1 Å². The molecule has 0 aromatic carbocycles. The summed E-state index contributed by atoms with van der Waals surface area (Å²) < 4.78 is 0. The number of hydrazine groups is 1. The van der Waals surface area contributed by atoms with E-state index in [9.17, 15) is 29.3 Å². The van der Waals surface area contributed by atoms with Gasteiger partial charge in [0.15, 0.2) is 5.03 Å². The molecule has 0 saturated carbocycles. The maximum atomic E-state index is 13.2. The molecule has 0 unspecified atom stereocenters. The number of hydrogen-bond acceptors (Lipinski definition) is 8. The Hall–Kier alpha value is -3.49. The predicted molar refractivity (Wildman–Crippen MR) is 116 cm³/mol. The Morgan fingerprint density at radius 3 is 2.33 bits per heavy atom. The highest BCUT2D eigenvalue weighted by Crippen LogP contribution is 2.21. The summed E-state index contributed by atoms with van der Waals surface area (Å²) in [6, 6.07) is -2.48. The molecule has 33 heavy (non-hydrogen) atoms. The number of guanidine groups is 1. The molecule has 0 spiro atoms. The van der Waals surface area contributed by atoms with Gasteiger partial charge in [0.2, 0.25) is 23.6 Å². The lowest BCUT2D eigenvalue weighted by Crippen LogP contribution is -2.56. The van der Waals surface area contributed by atoms with Gasteiger partial charge in [-0.1, -0.05) is 5.43 Å². The molecule has 8 N–H and O–H groups in total. The lowest BCUT2D eigenvalue weighted by molar-refractivity contribution is -0.525. The van der Waals surface area contributed by atoms with Gasteiger partial charge in [-0.05, 0) is 38.5 Å². The highest BCUT2D eigenvalue weighted by molar-refractivity contribution is 5.94. The van der Waals surface area contributed by atoms with Crippen molar-refractivity contribution in [3.8, 4) is 0 Å². The number of aliphatic imine (C=N–C) groups is 1. The fraction of sp³-hybridized carbons (Fsp3) is 0.722. The summed E-state index contributed by atoms with van der Waals surface area (Å²) in [5.74, 6) is -2.31. The first-order chi connectivity index (χ1) is 15.6. The van der Waals surface area contributed by atoms with Crippen LogP contribution in [0.1, 0.15) is 38.5 Å². The zero-order chi connectivity index (χ0) is 24.5. The third kappa shape index (κ3) is 7.00. The van der Waals surface area contributed by atoms with Gasteiger partial charge in [0.05, 0.1) is 6.54 Å². The number of primary amides is 1. The van der Waals surface area contributed by atoms with Crippen LogP contribution < -0.4 is 27.9 Å². The Kier molecular flexibility index (Phi) is 9.32. The number of rotatable bonds is 10. The highest BCUT2D eigenvalue weighted by atomic mass is 16.7. The largest absolute Gasteiger partial charge is 0.368 e. The van der Waals surface area contributed by atoms with Crippen LogP contribution in [0.5, 0.6) is 0 Å². The van der Waals surface area contributed by atoms with E-state index in [1.807, 2.05) is 0 Å². The standard InChI is InChI=1S/C18H31N9O6/c19-10-14(28)25-8-3-6-13(25)16(30)23-11(4-1-7-22-18(21)24-27(32)33)17(31)26-9-2-5-12(26)15(20)29/h11-13H,1-10,19H2,(H2,20,29)(H,23,30)(H3,21,22,24)/t11-,12-,13-/m0/s1. The first-order valence-corrected chi connectivity index (χ1v) is 10.8. The Morgan fingerprint density at radius 1 is 1.09 bits per heavy atom. The van der Waals surface area contributed by atoms with Crippen LogP contribution in [-0.4, -0.2) is 88.7 Å². The van der Waals surface area contributed by atoms with Gasteiger partial charge in [-0.3, -0.25) is 19.2 Å². The molecule has 184 valence electrons. The van der Waals surface area contributed by atoms with Crippen molar-refractivity contribution >= 4 is 29.6 Å². The van der Waals surface area contributed by atoms with Gasteiger partial charge in [-0.25, -0.2) is 15.1 Å². The number of nitrogens with two attached hydrogens (primary N) is 3. The third-order valence-electron chi connectivity index (χ3n) is 5.67. The van der Waals surface area contributed by atoms with E-state index in [4.69, 9.17) is 17.2 Å². The number of nitrogens with one attached hydrogen (secondary N) is 2. The molecular formula is C18H31N9O6. The number of amides is 4. The van der Waals surface area contributed by atoms with E-state index in [0.717, 1.165) is 0 Å². The normalized spacial score (nSPS) is 21.5. The molecule has 15 heteroatoms. The van der Waals surface area contributed by atoms with E-state index in [1.54, 1.807) is 5.43 Å². The van der Waals surface area contributed by atoms with Crippen molar-refractivity contribution in [2.75, 3.05) is 26.2 Å². The van der Waals surface area contributed by atoms with Crippen LogP contribution in [0.2, 0.25) is 0 Å². The van der Waals surface area contributed by atoms with E-state index in [1.165, 1.54) is 9.80 Å². The topological polar surface area (TPSA) is 232 Å². The smallest absolute Gasteiger partial charge is 0.251 e. The van der Waals surface area contributed by atoms with E-state index < -0.39 is 40.9 Å². The molecule has 2 aliphatic rings. The maximum Gasteiger partial charge on any atom is 0.251 e. The molecule has 2 rings (SSSR count). The molecule has 0 aromatic heterocycles. The Labute approximate surface area is 190 Å². The minimum atomic E-state index is -0.993. The van der Waals surface area contributed by atoms with Crippen LogP contribution in [0.15, 0.2) is 4.99 Å². The monoisotopic (exact) mass is 469 g/mol. The van der Waals surface area contributed by atoms with Crippen LogP contribution in [0.25, 0.3) is 0 Å². The van der Waals surface area contributed by atoms with Crippen molar-refractivity contribution in [3.05, 3.63) is 10.1 Å². The number of carbonyl (C=O) groups excluding carboxylic acids is 4. The van der Waals surface area contributed by atoms with Crippen molar-refractivity contribution in [1.29, 1.82) is 0 Å². The highest BCUT2D eigenvalue weighted by Gasteiger charge is 2.39. The molecule has 0 radical (unpaired) electrons. The SMILES string of the molecule is NCC(=O)N1CCC[C@H]1C(=O)N[C@@H](CCCN=C(N)N[N+](=O)[O-])C(=O)N1CCC[C@H]1C(N)=O. The van der Waals surface area contributed by atoms with Crippen LogP contribution in [0.4, 0.5) is 0 Å². The van der Waals surface area contributed by atoms with Gasteiger partial charge in [-0.2, -0.15) is 0 Å².